The van der Waals surface area contributed by atoms with Crippen molar-refractivity contribution < 1.29 is 18.3 Å². The Morgan fingerprint density at radius 2 is 2.17 bits per heavy atom. The molecule has 7 heteroatoms. The molecule has 0 atom stereocenters. The Kier molecular flexibility index (Phi) is 4.80. The SMILES string of the molecule is CC(C)N(CCC(=O)O)S(=O)(=O)c1cccnc1. The Morgan fingerprint density at radius 3 is 2.61 bits per heavy atom. The highest BCUT2D eigenvalue weighted by atomic mass is 32.2. The van der Waals surface area contributed by atoms with Crippen molar-refractivity contribution in [3.63, 3.8) is 0 Å². The fourth-order valence-corrected chi connectivity index (χ4v) is 3.10. The number of hydrogen-bond acceptors (Lipinski definition) is 4. The van der Waals surface area contributed by atoms with Crippen molar-refractivity contribution in [1.29, 1.82) is 0 Å². The Labute approximate surface area is 106 Å². The molecule has 1 aromatic heterocycles. The summed E-state index contributed by atoms with van der Waals surface area (Å²) in [6.45, 7) is 3.36. The molecule has 0 aromatic carbocycles. The van der Waals surface area contributed by atoms with E-state index < -0.39 is 16.0 Å². The summed E-state index contributed by atoms with van der Waals surface area (Å²) in [5.74, 6) is -1.03. The molecule has 0 aliphatic carbocycles. The van der Waals surface area contributed by atoms with E-state index >= 15 is 0 Å². The fourth-order valence-electron chi connectivity index (χ4n) is 1.50. The minimum absolute atomic E-state index is 0.0514. The van der Waals surface area contributed by atoms with Crippen LogP contribution in [0.25, 0.3) is 0 Å². The van der Waals surface area contributed by atoms with E-state index in [1.54, 1.807) is 13.8 Å². The summed E-state index contributed by atoms with van der Waals surface area (Å²) in [5.41, 5.74) is 0. The van der Waals surface area contributed by atoms with Crippen LogP contribution >= 0.6 is 0 Å². The van der Waals surface area contributed by atoms with E-state index in [0.717, 1.165) is 4.31 Å². The average molecular weight is 272 g/mol. The highest BCUT2D eigenvalue weighted by molar-refractivity contribution is 7.89. The lowest BCUT2D eigenvalue weighted by Crippen LogP contribution is -2.38. The van der Waals surface area contributed by atoms with E-state index in [-0.39, 0.29) is 23.9 Å². The van der Waals surface area contributed by atoms with Gasteiger partial charge in [0.1, 0.15) is 4.90 Å². The zero-order valence-corrected chi connectivity index (χ0v) is 11.1. The smallest absolute Gasteiger partial charge is 0.304 e. The largest absolute Gasteiger partial charge is 0.481 e. The molecular weight excluding hydrogens is 256 g/mol. The molecule has 0 saturated heterocycles. The van der Waals surface area contributed by atoms with E-state index in [1.165, 1.54) is 24.5 Å². The van der Waals surface area contributed by atoms with Crippen LogP contribution in [0.3, 0.4) is 0 Å². The number of hydrogen-bond donors (Lipinski definition) is 1. The summed E-state index contributed by atoms with van der Waals surface area (Å²) >= 11 is 0. The van der Waals surface area contributed by atoms with Gasteiger partial charge in [0.05, 0.1) is 6.42 Å². The number of pyridine rings is 1. The number of aliphatic carboxylic acids is 1. The van der Waals surface area contributed by atoms with E-state index in [4.69, 9.17) is 5.11 Å². The molecule has 0 bridgehead atoms. The maximum absolute atomic E-state index is 12.3. The third kappa shape index (κ3) is 3.51. The summed E-state index contributed by atoms with van der Waals surface area (Å²) in [5, 5.41) is 8.65. The molecule has 0 unspecified atom stereocenters. The Morgan fingerprint density at radius 1 is 1.50 bits per heavy atom. The van der Waals surface area contributed by atoms with Gasteiger partial charge in [0, 0.05) is 25.0 Å². The Hall–Kier alpha value is -1.47. The van der Waals surface area contributed by atoms with Gasteiger partial charge in [-0.05, 0) is 26.0 Å². The third-order valence-electron chi connectivity index (χ3n) is 2.36. The van der Waals surface area contributed by atoms with E-state index in [2.05, 4.69) is 4.98 Å². The fraction of sp³-hybridized carbons (Fsp3) is 0.455. The number of carbonyl (C=O) groups is 1. The maximum atomic E-state index is 12.3. The van der Waals surface area contributed by atoms with Crippen LogP contribution in [-0.4, -0.2) is 41.4 Å². The zero-order valence-electron chi connectivity index (χ0n) is 10.3. The van der Waals surface area contributed by atoms with Crippen LogP contribution in [0, 0.1) is 0 Å². The number of aromatic nitrogens is 1. The first kappa shape index (κ1) is 14.6. The number of sulfonamides is 1. The van der Waals surface area contributed by atoms with Gasteiger partial charge >= 0.3 is 5.97 Å². The number of carboxylic acid groups (broad SMARTS) is 1. The van der Waals surface area contributed by atoms with Crippen LogP contribution in [0.4, 0.5) is 0 Å². The molecule has 1 aromatic rings. The average Bonchev–Trinajstić information content (AvgIpc) is 2.29. The van der Waals surface area contributed by atoms with Gasteiger partial charge in [-0.3, -0.25) is 9.78 Å². The second-order valence-corrected chi connectivity index (χ2v) is 5.93. The molecular formula is C11H16N2O4S. The molecule has 1 rings (SSSR count). The van der Waals surface area contributed by atoms with Gasteiger partial charge in [-0.15, -0.1) is 0 Å². The first-order valence-electron chi connectivity index (χ1n) is 5.49. The van der Waals surface area contributed by atoms with Crippen molar-refractivity contribution in [2.75, 3.05) is 6.54 Å². The van der Waals surface area contributed by atoms with Gasteiger partial charge in [0.15, 0.2) is 0 Å². The van der Waals surface area contributed by atoms with Crippen molar-refractivity contribution in [3.05, 3.63) is 24.5 Å². The Bertz CT molecular complexity index is 499. The van der Waals surface area contributed by atoms with Gasteiger partial charge in [-0.25, -0.2) is 8.42 Å². The topological polar surface area (TPSA) is 87.6 Å². The molecule has 0 saturated carbocycles. The maximum Gasteiger partial charge on any atom is 0.304 e. The first-order chi connectivity index (χ1) is 8.35. The lowest BCUT2D eigenvalue weighted by atomic mass is 10.3. The Balaban J connectivity index is 3.02. The quantitative estimate of drug-likeness (QED) is 0.833. The summed E-state index contributed by atoms with van der Waals surface area (Å²) in [6, 6.07) is 2.66. The monoisotopic (exact) mass is 272 g/mol. The summed E-state index contributed by atoms with van der Waals surface area (Å²) in [7, 11) is -3.69. The zero-order chi connectivity index (χ0) is 13.8. The third-order valence-corrected chi connectivity index (χ3v) is 4.42. The lowest BCUT2D eigenvalue weighted by Gasteiger charge is -2.25. The first-order valence-corrected chi connectivity index (χ1v) is 6.93. The predicted molar refractivity (Wildman–Crippen MR) is 65.5 cm³/mol. The number of nitrogens with zero attached hydrogens (tertiary/aromatic N) is 2. The van der Waals surface area contributed by atoms with Gasteiger partial charge in [0.2, 0.25) is 10.0 Å². The van der Waals surface area contributed by atoms with Crippen molar-refractivity contribution in [1.82, 2.24) is 9.29 Å². The van der Waals surface area contributed by atoms with Crippen molar-refractivity contribution in [3.8, 4) is 0 Å². The molecule has 0 radical (unpaired) electrons. The highest BCUT2D eigenvalue weighted by Crippen LogP contribution is 2.17. The van der Waals surface area contributed by atoms with Crippen LogP contribution in [-0.2, 0) is 14.8 Å². The van der Waals surface area contributed by atoms with Gasteiger partial charge in [-0.1, -0.05) is 0 Å². The molecule has 1 N–H and O–H groups in total. The summed E-state index contributed by atoms with van der Waals surface area (Å²) in [4.78, 5) is 14.4. The summed E-state index contributed by atoms with van der Waals surface area (Å²) < 4.78 is 25.7. The molecule has 6 nitrogen and oxygen atoms in total. The molecule has 1 heterocycles. The van der Waals surface area contributed by atoms with Crippen LogP contribution < -0.4 is 0 Å². The molecule has 100 valence electrons. The second-order valence-electron chi connectivity index (χ2n) is 4.04. The highest BCUT2D eigenvalue weighted by Gasteiger charge is 2.27. The molecule has 18 heavy (non-hydrogen) atoms. The number of carboxylic acids is 1. The summed E-state index contributed by atoms with van der Waals surface area (Å²) in [6.07, 6.45) is 2.51. The lowest BCUT2D eigenvalue weighted by molar-refractivity contribution is -0.137. The standard InChI is InChI=1S/C11H16N2O4S/c1-9(2)13(7-5-11(14)15)18(16,17)10-4-3-6-12-8-10/h3-4,6,8-9H,5,7H2,1-2H3,(H,14,15). The van der Waals surface area contributed by atoms with E-state index in [1.807, 2.05) is 0 Å². The normalized spacial score (nSPS) is 12.0. The predicted octanol–water partition coefficient (Wildman–Crippen LogP) is 0.955. The minimum Gasteiger partial charge on any atom is -0.481 e. The minimum atomic E-state index is -3.69. The van der Waals surface area contributed by atoms with Gasteiger partial charge < -0.3 is 5.11 Å². The van der Waals surface area contributed by atoms with Gasteiger partial charge in [0.25, 0.3) is 0 Å². The molecule has 0 amide bonds. The molecule has 0 spiro atoms. The van der Waals surface area contributed by atoms with Crippen LogP contribution in [0.15, 0.2) is 29.4 Å². The van der Waals surface area contributed by atoms with Gasteiger partial charge in [-0.2, -0.15) is 4.31 Å². The van der Waals surface area contributed by atoms with Crippen LogP contribution in [0.2, 0.25) is 0 Å². The van der Waals surface area contributed by atoms with Crippen LogP contribution in [0.1, 0.15) is 20.3 Å². The van der Waals surface area contributed by atoms with Crippen molar-refractivity contribution >= 4 is 16.0 Å². The van der Waals surface area contributed by atoms with E-state index in [0.29, 0.717) is 0 Å². The number of rotatable bonds is 6. The van der Waals surface area contributed by atoms with Crippen LogP contribution in [0.5, 0.6) is 0 Å². The second kappa shape index (κ2) is 5.92. The molecule has 0 fully saturated rings. The van der Waals surface area contributed by atoms with Crippen molar-refractivity contribution in [2.45, 2.75) is 31.2 Å². The van der Waals surface area contributed by atoms with Crippen molar-refractivity contribution in [2.24, 2.45) is 0 Å². The molecule has 0 aliphatic rings. The van der Waals surface area contributed by atoms with E-state index in [9.17, 15) is 13.2 Å². The molecule has 0 aliphatic heterocycles.